The van der Waals surface area contributed by atoms with E-state index in [0.717, 1.165) is 5.57 Å². The highest BCUT2D eigenvalue weighted by Gasteiger charge is 2.58. The van der Waals surface area contributed by atoms with Crippen molar-refractivity contribution in [2.45, 2.75) is 0 Å². The molecule has 0 radical (unpaired) electrons. The molecule has 0 saturated heterocycles. The molecular weight excluding hydrogens is 262 g/mol. The number of rotatable bonds is 4. The first-order valence-electron chi connectivity index (χ1n) is 6.15. The minimum Gasteiger partial charge on any atom is -0.396 e. The number of nitrogen functional groups attached to an aromatic ring is 1. The van der Waals surface area contributed by atoms with Crippen LogP contribution in [0.3, 0.4) is 0 Å². The number of nitrogens with zero attached hydrogens (tertiary/aromatic N) is 4. The summed E-state index contributed by atoms with van der Waals surface area (Å²) in [6.45, 7) is -0.564. The molecule has 0 bridgehead atoms. The Hall–Kier alpha value is -2.03. The standard InChI is InChI=1S/C12H15N5O3/c13-10-9-11(15-5-14-10)17(6-16-9)1-7-8(2-18)12(7,3-19)4-20/h1,5-6,8,18-20H,2-4H2,(H2,13,14,15)/b7-1-. The summed E-state index contributed by atoms with van der Waals surface area (Å²) >= 11 is 0. The lowest BCUT2D eigenvalue weighted by Crippen LogP contribution is -2.16. The Labute approximate surface area is 114 Å². The summed E-state index contributed by atoms with van der Waals surface area (Å²) in [4.78, 5) is 12.1. The molecule has 1 fully saturated rings. The van der Waals surface area contributed by atoms with Crippen LogP contribution in [0.4, 0.5) is 5.82 Å². The zero-order valence-electron chi connectivity index (χ0n) is 10.6. The Morgan fingerprint density at radius 1 is 1.25 bits per heavy atom. The highest BCUT2D eigenvalue weighted by molar-refractivity contribution is 5.82. The lowest BCUT2D eigenvalue weighted by molar-refractivity contribution is 0.112. The molecule has 0 spiro atoms. The summed E-state index contributed by atoms with van der Waals surface area (Å²) in [5.74, 6) is 0.0337. The van der Waals surface area contributed by atoms with Crippen LogP contribution in [0.1, 0.15) is 0 Å². The van der Waals surface area contributed by atoms with Gasteiger partial charge in [0.2, 0.25) is 0 Å². The fraction of sp³-hybridized carbons (Fsp3) is 0.417. The molecule has 5 N–H and O–H groups in total. The molecule has 1 atom stereocenters. The smallest absolute Gasteiger partial charge is 0.169 e. The van der Waals surface area contributed by atoms with Crippen LogP contribution in [0.25, 0.3) is 17.4 Å². The number of nitrogens with two attached hydrogens (primary N) is 1. The van der Waals surface area contributed by atoms with Crippen molar-refractivity contribution in [3.63, 3.8) is 0 Å². The van der Waals surface area contributed by atoms with Crippen molar-refractivity contribution in [2.75, 3.05) is 25.6 Å². The van der Waals surface area contributed by atoms with E-state index < -0.39 is 5.41 Å². The molecule has 0 amide bonds. The number of hydrogen-bond donors (Lipinski definition) is 4. The monoisotopic (exact) mass is 277 g/mol. The quantitative estimate of drug-likeness (QED) is 0.554. The lowest BCUT2D eigenvalue weighted by atomic mass is 10.1. The molecule has 0 aromatic carbocycles. The van der Waals surface area contributed by atoms with Crippen LogP contribution in [-0.4, -0.2) is 54.7 Å². The SMILES string of the molecule is Nc1ncnc2c1ncn2/C=C1/C(CO)C1(CO)CO. The number of aliphatic hydroxyl groups excluding tert-OH is 3. The van der Waals surface area contributed by atoms with Gasteiger partial charge in [0.15, 0.2) is 17.0 Å². The number of anilines is 1. The summed E-state index contributed by atoms with van der Waals surface area (Å²) in [6, 6.07) is 0. The van der Waals surface area contributed by atoms with Gasteiger partial charge in [-0.2, -0.15) is 0 Å². The predicted molar refractivity (Wildman–Crippen MR) is 71.2 cm³/mol. The van der Waals surface area contributed by atoms with Gasteiger partial charge in [-0.3, -0.25) is 4.57 Å². The largest absolute Gasteiger partial charge is 0.396 e. The van der Waals surface area contributed by atoms with Crippen LogP contribution < -0.4 is 5.73 Å². The summed E-state index contributed by atoms with van der Waals surface area (Å²) < 4.78 is 1.65. The molecule has 8 heteroatoms. The zero-order valence-corrected chi connectivity index (χ0v) is 10.6. The predicted octanol–water partition coefficient (Wildman–Crippen LogP) is -1.16. The summed E-state index contributed by atoms with van der Waals surface area (Å²) in [5.41, 5.74) is 6.74. The van der Waals surface area contributed by atoms with E-state index in [4.69, 9.17) is 5.73 Å². The molecule has 2 heterocycles. The Kier molecular flexibility index (Phi) is 2.93. The molecule has 1 saturated carbocycles. The summed E-state index contributed by atoms with van der Waals surface area (Å²) in [5, 5.41) is 28.2. The van der Waals surface area contributed by atoms with Crippen molar-refractivity contribution in [1.29, 1.82) is 0 Å². The van der Waals surface area contributed by atoms with E-state index in [9.17, 15) is 15.3 Å². The average Bonchev–Trinajstić information content (AvgIpc) is 2.89. The molecule has 8 nitrogen and oxygen atoms in total. The molecule has 1 unspecified atom stereocenters. The zero-order chi connectivity index (χ0) is 14.3. The van der Waals surface area contributed by atoms with Gasteiger partial charge in [0.25, 0.3) is 0 Å². The van der Waals surface area contributed by atoms with Gasteiger partial charge in [0, 0.05) is 17.5 Å². The Bertz CT molecular complexity index is 677. The third kappa shape index (κ3) is 1.62. The Morgan fingerprint density at radius 3 is 2.60 bits per heavy atom. The number of aromatic nitrogens is 4. The normalized spacial score (nSPS) is 22.6. The number of aliphatic hydroxyl groups is 3. The lowest BCUT2D eigenvalue weighted by Gasteiger charge is -2.07. The van der Waals surface area contributed by atoms with Crippen LogP contribution in [0.2, 0.25) is 0 Å². The molecule has 0 aliphatic heterocycles. The van der Waals surface area contributed by atoms with Gasteiger partial charge in [-0.1, -0.05) is 0 Å². The van der Waals surface area contributed by atoms with E-state index in [1.165, 1.54) is 12.7 Å². The van der Waals surface area contributed by atoms with E-state index >= 15 is 0 Å². The van der Waals surface area contributed by atoms with Gasteiger partial charge in [0.05, 0.1) is 19.8 Å². The first-order chi connectivity index (χ1) is 9.67. The minimum absolute atomic E-state index is 0.128. The molecule has 106 valence electrons. The van der Waals surface area contributed by atoms with E-state index in [-0.39, 0.29) is 31.6 Å². The molecule has 1 aliphatic rings. The van der Waals surface area contributed by atoms with Gasteiger partial charge < -0.3 is 21.1 Å². The first-order valence-corrected chi connectivity index (χ1v) is 6.15. The van der Waals surface area contributed by atoms with Gasteiger partial charge in [-0.15, -0.1) is 0 Å². The first kappa shape index (κ1) is 13.0. The van der Waals surface area contributed by atoms with Crippen molar-refractivity contribution in [1.82, 2.24) is 19.5 Å². The fourth-order valence-corrected chi connectivity index (χ4v) is 2.58. The van der Waals surface area contributed by atoms with Crippen molar-refractivity contribution in [3.05, 3.63) is 18.2 Å². The van der Waals surface area contributed by atoms with Crippen LogP contribution in [0, 0.1) is 11.3 Å². The van der Waals surface area contributed by atoms with Crippen LogP contribution in [-0.2, 0) is 0 Å². The van der Waals surface area contributed by atoms with E-state index in [1.807, 2.05) is 0 Å². The summed E-state index contributed by atoms with van der Waals surface area (Å²) in [6.07, 6.45) is 4.60. The number of imidazole rings is 1. The Balaban J connectivity index is 2.06. The molecule has 2 aromatic heterocycles. The van der Waals surface area contributed by atoms with E-state index in [0.29, 0.717) is 11.2 Å². The Morgan fingerprint density at radius 2 is 2.00 bits per heavy atom. The van der Waals surface area contributed by atoms with Gasteiger partial charge in [0.1, 0.15) is 12.7 Å². The number of fused-ring (bicyclic) bond motifs is 1. The maximum Gasteiger partial charge on any atom is 0.169 e. The van der Waals surface area contributed by atoms with Crippen molar-refractivity contribution < 1.29 is 15.3 Å². The molecular formula is C12H15N5O3. The molecule has 20 heavy (non-hydrogen) atoms. The second-order valence-corrected chi connectivity index (χ2v) is 4.87. The van der Waals surface area contributed by atoms with E-state index in [2.05, 4.69) is 15.0 Å². The average molecular weight is 277 g/mol. The van der Waals surface area contributed by atoms with Gasteiger partial charge in [-0.25, -0.2) is 15.0 Å². The molecule has 1 aliphatic carbocycles. The number of hydrogen-bond acceptors (Lipinski definition) is 7. The van der Waals surface area contributed by atoms with Crippen LogP contribution in [0.15, 0.2) is 18.2 Å². The highest BCUT2D eigenvalue weighted by atomic mass is 16.3. The third-order valence-electron chi connectivity index (χ3n) is 3.95. The highest BCUT2D eigenvalue weighted by Crippen LogP contribution is 2.57. The van der Waals surface area contributed by atoms with Gasteiger partial charge in [-0.05, 0) is 5.57 Å². The van der Waals surface area contributed by atoms with Gasteiger partial charge >= 0.3 is 0 Å². The maximum absolute atomic E-state index is 9.43. The van der Waals surface area contributed by atoms with Crippen LogP contribution in [0.5, 0.6) is 0 Å². The molecule has 3 rings (SSSR count). The van der Waals surface area contributed by atoms with Crippen molar-refractivity contribution in [2.24, 2.45) is 11.3 Å². The third-order valence-corrected chi connectivity index (χ3v) is 3.95. The molecule has 2 aromatic rings. The fourth-order valence-electron chi connectivity index (χ4n) is 2.58. The van der Waals surface area contributed by atoms with E-state index in [1.54, 1.807) is 10.8 Å². The van der Waals surface area contributed by atoms with Crippen molar-refractivity contribution >= 4 is 23.2 Å². The second kappa shape index (κ2) is 4.51. The second-order valence-electron chi connectivity index (χ2n) is 4.87. The van der Waals surface area contributed by atoms with Crippen LogP contribution >= 0.6 is 0 Å². The maximum atomic E-state index is 9.43. The topological polar surface area (TPSA) is 130 Å². The summed E-state index contributed by atoms with van der Waals surface area (Å²) in [7, 11) is 0. The van der Waals surface area contributed by atoms with Crippen molar-refractivity contribution in [3.8, 4) is 0 Å². The minimum atomic E-state index is -0.760.